The summed E-state index contributed by atoms with van der Waals surface area (Å²) in [5, 5.41) is 7.81. The summed E-state index contributed by atoms with van der Waals surface area (Å²) in [4.78, 5) is 6.58. The van der Waals surface area contributed by atoms with Crippen LogP contribution in [0.5, 0.6) is 0 Å². The van der Waals surface area contributed by atoms with Gasteiger partial charge < -0.3 is 15.4 Å². The molecule has 2 N–H and O–H groups in total. The first-order valence-corrected chi connectivity index (χ1v) is 5.79. The van der Waals surface area contributed by atoms with Crippen LogP contribution in [0.2, 0.25) is 0 Å². The van der Waals surface area contributed by atoms with Gasteiger partial charge in [0.05, 0.1) is 37.5 Å². The predicted molar refractivity (Wildman–Crippen MR) is 66.6 cm³/mol. The van der Waals surface area contributed by atoms with Crippen LogP contribution < -0.4 is 10.6 Å². The topological polar surface area (TPSA) is 82.1 Å². The van der Waals surface area contributed by atoms with Gasteiger partial charge in [0.25, 0.3) is 0 Å². The molecule has 0 bridgehead atoms. The monoisotopic (exact) mass is 246 g/mol. The van der Waals surface area contributed by atoms with E-state index < -0.39 is 0 Å². The SMILES string of the molecule is Nc1cnc(N2CCOCC2)c(-n2ccnn2)c1. The number of nitrogens with zero attached hydrogens (tertiary/aromatic N) is 5. The molecule has 0 spiro atoms. The summed E-state index contributed by atoms with van der Waals surface area (Å²) in [5.41, 5.74) is 7.25. The first-order chi connectivity index (χ1) is 8.84. The maximum absolute atomic E-state index is 5.80. The van der Waals surface area contributed by atoms with Crippen LogP contribution >= 0.6 is 0 Å². The maximum Gasteiger partial charge on any atom is 0.154 e. The molecule has 18 heavy (non-hydrogen) atoms. The van der Waals surface area contributed by atoms with Crippen LogP contribution in [0.25, 0.3) is 5.69 Å². The van der Waals surface area contributed by atoms with Gasteiger partial charge in [0, 0.05) is 13.1 Å². The quantitative estimate of drug-likeness (QED) is 0.808. The largest absolute Gasteiger partial charge is 0.397 e. The molecular weight excluding hydrogens is 232 g/mol. The van der Waals surface area contributed by atoms with Crippen molar-refractivity contribution in [2.24, 2.45) is 0 Å². The number of hydrogen-bond acceptors (Lipinski definition) is 6. The van der Waals surface area contributed by atoms with Crippen molar-refractivity contribution in [1.82, 2.24) is 20.0 Å². The average molecular weight is 246 g/mol. The molecule has 0 unspecified atom stereocenters. The number of hydrogen-bond donors (Lipinski definition) is 1. The normalized spacial score (nSPS) is 15.9. The van der Waals surface area contributed by atoms with Crippen LogP contribution in [0, 0.1) is 0 Å². The Morgan fingerprint density at radius 3 is 2.83 bits per heavy atom. The van der Waals surface area contributed by atoms with Crippen LogP contribution in [0.15, 0.2) is 24.7 Å². The highest BCUT2D eigenvalue weighted by Crippen LogP contribution is 2.23. The van der Waals surface area contributed by atoms with Crippen molar-refractivity contribution >= 4 is 11.5 Å². The average Bonchev–Trinajstić information content (AvgIpc) is 2.93. The van der Waals surface area contributed by atoms with E-state index in [9.17, 15) is 0 Å². The molecule has 1 aliphatic rings. The van der Waals surface area contributed by atoms with E-state index in [1.165, 1.54) is 0 Å². The summed E-state index contributed by atoms with van der Waals surface area (Å²) < 4.78 is 7.02. The highest BCUT2D eigenvalue weighted by molar-refractivity contribution is 5.62. The van der Waals surface area contributed by atoms with Crippen LogP contribution in [0.3, 0.4) is 0 Å². The van der Waals surface area contributed by atoms with Gasteiger partial charge in [-0.25, -0.2) is 9.67 Å². The Bertz CT molecular complexity index is 520. The fourth-order valence-corrected chi connectivity index (χ4v) is 1.99. The molecule has 1 fully saturated rings. The van der Waals surface area contributed by atoms with Crippen molar-refractivity contribution in [1.29, 1.82) is 0 Å². The Balaban J connectivity index is 2.02. The Labute approximate surface area is 104 Å². The second-order valence-corrected chi connectivity index (χ2v) is 4.06. The third-order valence-electron chi connectivity index (χ3n) is 2.85. The van der Waals surface area contributed by atoms with Crippen molar-refractivity contribution in [3.63, 3.8) is 0 Å². The number of aromatic nitrogens is 4. The summed E-state index contributed by atoms with van der Waals surface area (Å²) in [6.45, 7) is 3.06. The number of rotatable bonds is 2. The van der Waals surface area contributed by atoms with E-state index in [2.05, 4.69) is 20.2 Å². The summed E-state index contributed by atoms with van der Waals surface area (Å²) in [5.74, 6) is 0.859. The maximum atomic E-state index is 5.80. The minimum Gasteiger partial charge on any atom is -0.397 e. The van der Waals surface area contributed by atoms with Gasteiger partial charge in [-0.2, -0.15) is 0 Å². The van der Waals surface area contributed by atoms with Crippen LogP contribution in [-0.2, 0) is 4.74 Å². The van der Waals surface area contributed by atoms with Gasteiger partial charge >= 0.3 is 0 Å². The van der Waals surface area contributed by atoms with Gasteiger partial charge in [-0.05, 0) is 6.07 Å². The molecule has 7 nitrogen and oxygen atoms in total. The van der Waals surface area contributed by atoms with Gasteiger partial charge in [-0.1, -0.05) is 5.21 Å². The van der Waals surface area contributed by atoms with Crippen molar-refractivity contribution < 1.29 is 4.74 Å². The molecule has 0 aromatic carbocycles. The van der Waals surface area contributed by atoms with Crippen LogP contribution in [0.1, 0.15) is 0 Å². The molecule has 1 saturated heterocycles. The Morgan fingerprint density at radius 2 is 2.11 bits per heavy atom. The molecule has 7 heteroatoms. The van der Waals surface area contributed by atoms with Crippen LogP contribution in [-0.4, -0.2) is 46.3 Å². The molecule has 2 aromatic rings. The zero-order valence-corrected chi connectivity index (χ0v) is 9.86. The summed E-state index contributed by atoms with van der Waals surface area (Å²) in [7, 11) is 0. The lowest BCUT2D eigenvalue weighted by atomic mass is 10.3. The molecule has 0 atom stereocenters. The number of ether oxygens (including phenoxy) is 1. The van der Waals surface area contributed by atoms with E-state index in [0.29, 0.717) is 18.9 Å². The lowest BCUT2D eigenvalue weighted by Crippen LogP contribution is -2.37. The molecule has 2 aromatic heterocycles. The van der Waals surface area contributed by atoms with Crippen molar-refractivity contribution in [3.8, 4) is 5.69 Å². The molecule has 1 aliphatic heterocycles. The first kappa shape index (κ1) is 11.0. The van der Waals surface area contributed by atoms with Gasteiger partial charge in [-0.3, -0.25) is 0 Å². The lowest BCUT2D eigenvalue weighted by molar-refractivity contribution is 0.122. The Kier molecular flexibility index (Phi) is 2.81. The van der Waals surface area contributed by atoms with E-state index in [1.54, 1.807) is 23.3 Å². The zero-order valence-electron chi connectivity index (χ0n) is 9.86. The molecule has 0 saturated carbocycles. The van der Waals surface area contributed by atoms with Gasteiger partial charge in [0.2, 0.25) is 0 Å². The molecule has 94 valence electrons. The molecule has 3 rings (SSSR count). The number of morpholine rings is 1. The number of nitrogens with two attached hydrogens (primary N) is 1. The zero-order chi connectivity index (χ0) is 12.4. The second kappa shape index (κ2) is 4.61. The van der Waals surface area contributed by atoms with E-state index in [0.717, 1.165) is 24.6 Å². The smallest absolute Gasteiger partial charge is 0.154 e. The Morgan fingerprint density at radius 1 is 1.28 bits per heavy atom. The standard InChI is InChI=1S/C11H14N6O/c12-9-7-10(17-2-1-14-15-17)11(13-8-9)16-3-5-18-6-4-16/h1-2,7-8H,3-6,12H2. The molecule has 0 radical (unpaired) electrons. The second-order valence-electron chi connectivity index (χ2n) is 4.06. The van der Waals surface area contributed by atoms with Crippen molar-refractivity contribution in [2.45, 2.75) is 0 Å². The first-order valence-electron chi connectivity index (χ1n) is 5.79. The molecular formula is C11H14N6O. The molecule has 0 amide bonds. The van der Waals surface area contributed by atoms with E-state index in [-0.39, 0.29) is 0 Å². The summed E-state index contributed by atoms with van der Waals surface area (Å²) >= 11 is 0. The van der Waals surface area contributed by atoms with Crippen LogP contribution in [0.4, 0.5) is 11.5 Å². The highest BCUT2D eigenvalue weighted by atomic mass is 16.5. The lowest BCUT2D eigenvalue weighted by Gasteiger charge is -2.29. The van der Waals surface area contributed by atoms with Gasteiger partial charge in [0.15, 0.2) is 5.82 Å². The summed E-state index contributed by atoms with van der Waals surface area (Å²) in [6.07, 6.45) is 5.07. The molecule has 0 aliphatic carbocycles. The third kappa shape index (κ3) is 2.00. The predicted octanol–water partition coefficient (Wildman–Crippen LogP) is 0.0811. The molecule has 3 heterocycles. The summed E-state index contributed by atoms with van der Waals surface area (Å²) in [6, 6.07) is 1.85. The number of anilines is 2. The third-order valence-corrected chi connectivity index (χ3v) is 2.85. The highest BCUT2D eigenvalue weighted by Gasteiger charge is 2.17. The fourth-order valence-electron chi connectivity index (χ4n) is 1.99. The van der Waals surface area contributed by atoms with Crippen molar-refractivity contribution in [3.05, 3.63) is 24.7 Å². The minimum atomic E-state index is 0.609. The minimum absolute atomic E-state index is 0.609. The number of pyridine rings is 1. The van der Waals surface area contributed by atoms with Crippen molar-refractivity contribution in [2.75, 3.05) is 36.9 Å². The van der Waals surface area contributed by atoms with E-state index in [4.69, 9.17) is 10.5 Å². The van der Waals surface area contributed by atoms with Gasteiger partial charge in [0.1, 0.15) is 5.69 Å². The fraction of sp³-hybridized carbons (Fsp3) is 0.364. The Hall–Kier alpha value is -2.15. The van der Waals surface area contributed by atoms with E-state index in [1.807, 2.05) is 6.07 Å². The van der Waals surface area contributed by atoms with E-state index >= 15 is 0 Å². The van der Waals surface area contributed by atoms with Gasteiger partial charge in [-0.15, -0.1) is 5.10 Å². The number of nitrogen functional groups attached to an aromatic ring is 1.